The molecule has 8 nitrogen and oxygen atoms in total. The standard InChI is InChI=1S/C24H21N3O5/c25-24(30)21(26-22(28)15-17-5-4-8-20(13-17)27(31)32)14-16-9-11-19(12-10-16)23(29)18-6-2-1-3-7-18/h1-13,21H,14-15H2,(H2,25,30)(H,26,28)/t21-/m1/s1. The monoisotopic (exact) mass is 431 g/mol. The van der Waals surface area contributed by atoms with Crippen LogP contribution in [-0.2, 0) is 22.4 Å². The number of nitro benzene ring substituents is 1. The van der Waals surface area contributed by atoms with Crippen molar-refractivity contribution in [3.8, 4) is 0 Å². The van der Waals surface area contributed by atoms with Gasteiger partial charge in [0.25, 0.3) is 5.69 Å². The van der Waals surface area contributed by atoms with Crippen molar-refractivity contribution in [2.45, 2.75) is 18.9 Å². The van der Waals surface area contributed by atoms with Gasteiger partial charge in [-0.25, -0.2) is 0 Å². The molecule has 3 aromatic carbocycles. The molecule has 0 aliphatic carbocycles. The predicted molar refractivity (Wildman–Crippen MR) is 118 cm³/mol. The molecule has 2 amide bonds. The first-order chi connectivity index (χ1) is 15.3. The van der Waals surface area contributed by atoms with Crippen molar-refractivity contribution in [3.05, 3.63) is 111 Å². The summed E-state index contributed by atoms with van der Waals surface area (Å²) in [4.78, 5) is 47.1. The molecule has 3 aromatic rings. The molecule has 0 radical (unpaired) electrons. The lowest BCUT2D eigenvalue weighted by Gasteiger charge is -2.16. The third kappa shape index (κ3) is 5.85. The summed E-state index contributed by atoms with van der Waals surface area (Å²) >= 11 is 0. The van der Waals surface area contributed by atoms with Crippen LogP contribution in [-0.4, -0.2) is 28.6 Å². The zero-order chi connectivity index (χ0) is 23.1. The Morgan fingerprint density at radius 1 is 0.875 bits per heavy atom. The van der Waals surface area contributed by atoms with Crippen molar-refractivity contribution in [2.24, 2.45) is 5.73 Å². The number of nitrogens with zero attached hydrogens (tertiary/aromatic N) is 1. The highest BCUT2D eigenvalue weighted by atomic mass is 16.6. The Kier molecular flexibility index (Phi) is 7.07. The third-order valence-electron chi connectivity index (χ3n) is 4.86. The lowest BCUT2D eigenvalue weighted by molar-refractivity contribution is -0.384. The Hall–Kier alpha value is -4.33. The summed E-state index contributed by atoms with van der Waals surface area (Å²) in [6.45, 7) is 0. The minimum absolute atomic E-state index is 0.117. The highest BCUT2D eigenvalue weighted by Gasteiger charge is 2.20. The van der Waals surface area contributed by atoms with Crippen molar-refractivity contribution in [1.29, 1.82) is 0 Å². The van der Waals surface area contributed by atoms with Crippen LogP contribution in [0.1, 0.15) is 27.0 Å². The molecule has 0 aliphatic rings. The first kappa shape index (κ1) is 22.4. The average Bonchev–Trinajstić information content (AvgIpc) is 2.79. The smallest absolute Gasteiger partial charge is 0.269 e. The van der Waals surface area contributed by atoms with Crippen LogP contribution in [0.3, 0.4) is 0 Å². The Balaban J connectivity index is 1.64. The number of hydrogen-bond donors (Lipinski definition) is 2. The van der Waals surface area contributed by atoms with E-state index in [2.05, 4.69) is 5.32 Å². The van der Waals surface area contributed by atoms with Crippen molar-refractivity contribution < 1.29 is 19.3 Å². The second kappa shape index (κ2) is 10.1. The number of hydrogen-bond acceptors (Lipinski definition) is 5. The Morgan fingerprint density at radius 2 is 1.53 bits per heavy atom. The number of carbonyl (C=O) groups excluding carboxylic acids is 3. The van der Waals surface area contributed by atoms with Gasteiger partial charge in [0, 0.05) is 29.7 Å². The highest BCUT2D eigenvalue weighted by molar-refractivity contribution is 6.08. The average molecular weight is 431 g/mol. The topological polar surface area (TPSA) is 132 Å². The first-order valence-corrected chi connectivity index (χ1v) is 9.84. The fraction of sp³-hybridized carbons (Fsp3) is 0.125. The number of carbonyl (C=O) groups is 3. The Bertz CT molecular complexity index is 1140. The summed E-state index contributed by atoms with van der Waals surface area (Å²) in [6.07, 6.45) is 0.0196. The molecule has 0 spiro atoms. The van der Waals surface area contributed by atoms with E-state index in [4.69, 9.17) is 5.73 Å². The summed E-state index contributed by atoms with van der Waals surface area (Å²) in [5, 5.41) is 13.5. The van der Waals surface area contributed by atoms with Crippen LogP contribution in [0.25, 0.3) is 0 Å². The van der Waals surface area contributed by atoms with Gasteiger partial charge in [0.15, 0.2) is 5.78 Å². The zero-order valence-electron chi connectivity index (χ0n) is 17.1. The van der Waals surface area contributed by atoms with Gasteiger partial charge in [0.2, 0.25) is 11.8 Å². The van der Waals surface area contributed by atoms with Crippen molar-refractivity contribution in [1.82, 2.24) is 5.32 Å². The molecule has 0 heterocycles. The van der Waals surface area contributed by atoms with Crippen LogP contribution in [0.5, 0.6) is 0 Å². The summed E-state index contributed by atoms with van der Waals surface area (Å²) < 4.78 is 0. The second-order valence-corrected chi connectivity index (χ2v) is 7.22. The number of non-ortho nitro benzene ring substituents is 1. The minimum atomic E-state index is -0.961. The van der Waals surface area contributed by atoms with Crippen molar-refractivity contribution in [2.75, 3.05) is 0 Å². The Morgan fingerprint density at radius 3 is 2.16 bits per heavy atom. The quantitative estimate of drug-likeness (QED) is 0.305. The molecular formula is C24H21N3O5. The number of amides is 2. The normalized spacial score (nSPS) is 11.4. The molecule has 3 rings (SSSR count). The van der Waals surface area contributed by atoms with Gasteiger partial charge in [0.05, 0.1) is 11.3 Å². The number of nitrogens with one attached hydrogen (secondary N) is 1. The fourth-order valence-corrected chi connectivity index (χ4v) is 3.22. The maximum atomic E-state index is 12.5. The van der Waals surface area contributed by atoms with Crippen molar-refractivity contribution in [3.63, 3.8) is 0 Å². The van der Waals surface area contributed by atoms with Crippen LogP contribution >= 0.6 is 0 Å². The largest absolute Gasteiger partial charge is 0.368 e. The molecule has 0 fully saturated rings. The first-order valence-electron chi connectivity index (χ1n) is 9.84. The zero-order valence-corrected chi connectivity index (χ0v) is 17.1. The molecule has 0 saturated carbocycles. The van der Waals surface area contributed by atoms with E-state index in [0.29, 0.717) is 22.3 Å². The number of ketones is 1. The van der Waals surface area contributed by atoms with E-state index < -0.39 is 22.8 Å². The van der Waals surface area contributed by atoms with Gasteiger partial charge in [-0.05, 0) is 11.1 Å². The second-order valence-electron chi connectivity index (χ2n) is 7.22. The van der Waals surface area contributed by atoms with Crippen LogP contribution in [0.2, 0.25) is 0 Å². The number of primary amides is 1. The summed E-state index contributed by atoms with van der Waals surface area (Å²) in [5.41, 5.74) is 7.57. The number of benzene rings is 3. The fourth-order valence-electron chi connectivity index (χ4n) is 3.22. The van der Waals surface area contributed by atoms with Crippen LogP contribution < -0.4 is 11.1 Å². The number of rotatable bonds is 9. The van der Waals surface area contributed by atoms with E-state index in [1.165, 1.54) is 18.2 Å². The van der Waals surface area contributed by atoms with Crippen LogP contribution in [0.15, 0.2) is 78.9 Å². The van der Waals surface area contributed by atoms with Crippen LogP contribution in [0, 0.1) is 10.1 Å². The molecule has 0 bridgehead atoms. The van der Waals surface area contributed by atoms with Gasteiger partial charge in [-0.15, -0.1) is 0 Å². The molecule has 3 N–H and O–H groups in total. The molecule has 8 heteroatoms. The van der Waals surface area contributed by atoms with Crippen molar-refractivity contribution >= 4 is 23.3 Å². The molecular weight excluding hydrogens is 410 g/mol. The SMILES string of the molecule is NC(=O)[C@@H](Cc1ccc(C(=O)c2ccccc2)cc1)NC(=O)Cc1cccc([N+](=O)[O-])c1. The number of nitrogens with two attached hydrogens (primary N) is 1. The maximum absolute atomic E-state index is 12.5. The van der Waals surface area contributed by atoms with E-state index in [1.54, 1.807) is 54.6 Å². The lowest BCUT2D eigenvalue weighted by atomic mass is 9.99. The molecule has 32 heavy (non-hydrogen) atoms. The lowest BCUT2D eigenvalue weighted by Crippen LogP contribution is -2.46. The molecule has 0 saturated heterocycles. The van der Waals surface area contributed by atoms with E-state index in [1.807, 2.05) is 6.07 Å². The van der Waals surface area contributed by atoms with E-state index in [0.717, 1.165) is 0 Å². The van der Waals surface area contributed by atoms with Gasteiger partial charge < -0.3 is 11.1 Å². The van der Waals surface area contributed by atoms with E-state index in [9.17, 15) is 24.5 Å². The number of nitro groups is 1. The molecule has 0 aliphatic heterocycles. The molecule has 0 aromatic heterocycles. The van der Waals surface area contributed by atoms with Gasteiger partial charge in [-0.2, -0.15) is 0 Å². The highest BCUT2D eigenvalue weighted by Crippen LogP contribution is 2.14. The summed E-state index contributed by atoms with van der Waals surface area (Å²) in [5.74, 6) is -1.30. The molecule has 0 unspecified atom stereocenters. The summed E-state index contributed by atoms with van der Waals surface area (Å²) in [6, 6.07) is 20.4. The van der Waals surface area contributed by atoms with Gasteiger partial charge >= 0.3 is 0 Å². The minimum Gasteiger partial charge on any atom is -0.368 e. The third-order valence-corrected chi connectivity index (χ3v) is 4.86. The van der Waals surface area contributed by atoms with E-state index in [-0.39, 0.29) is 24.3 Å². The Labute approximate surface area is 184 Å². The van der Waals surface area contributed by atoms with Gasteiger partial charge in [-0.3, -0.25) is 24.5 Å². The van der Waals surface area contributed by atoms with E-state index >= 15 is 0 Å². The predicted octanol–water partition coefficient (Wildman–Crippen LogP) is 2.58. The van der Waals surface area contributed by atoms with Gasteiger partial charge in [0.1, 0.15) is 6.04 Å². The van der Waals surface area contributed by atoms with Gasteiger partial charge in [-0.1, -0.05) is 66.7 Å². The molecule has 162 valence electrons. The summed E-state index contributed by atoms with van der Waals surface area (Å²) in [7, 11) is 0. The maximum Gasteiger partial charge on any atom is 0.269 e. The molecule has 1 atom stereocenters. The van der Waals surface area contributed by atoms with Crippen LogP contribution in [0.4, 0.5) is 5.69 Å².